The first kappa shape index (κ1) is 23.2. The van der Waals surface area contributed by atoms with Crippen LogP contribution in [0.15, 0.2) is 42.7 Å². The largest absolute Gasteiger partial charge is 0.370 e. The second-order valence-corrected chi connectivity index (χ2v) is 8.61. The summed E-state index contributed by atoms with van der Waals surface area (Å²) in [7, 11) is 2.11. The Morgan fingerprint density at radius 3 is 2.55 bits per heavy atom. The van der Waals surface area contributed by atoms with Gasteiger partial charge in [0.05, 0.1) is 27.5 Å². The van der Waals surface area contributed by atoms with Crippen molar-refractivity contribution in [3.05, 3.63) is 68.7 Å². The molecule has 3 aromatic rings. The number of nitrogens with one attached hydrogen (secondary N) is 1. The van der Waals surface area contributed by atoms with Crippen molar-refractivity contribution in [2.24, 2.45) is 0 Å². The van der Waals surface area contributed by atoms with Gasteiger partial charge in [-0.15, -0.1) is 0 Å². The fourth-order valence-corrected chi connectivity index (χ4v) is 4.09. The SMILES string of the molecule is CN1CCN(c2cnc(CCNc3ccc([N+](=O)[O-])cn3)nc2-c2ccc(Cl)cc2Cl)CC1. The van der Waals surface area contributed by atoms with Crippen LogP contribution in [-0.4, -0.2) is 64.5 Å². The zero-order chi connectivity index (χ0) is 23.4. The molecular formula is C22H23Cl2N7O2. The summed E-state index contributed by atoms with van der Waals surface area (Å²) in [6.07, 6.45) is 3.63. The summed E-state index contributed by atoms with van der Waals surface area (Å²) < 4.78 is 0. The minimum absolute atomic E-state index is 0.0483. The van der Waals surface area contributed by atoms with E-state index in [0.29, 0.717) is 34.7 Å². The molecule has 0 atom stereocenters. The smallest absolute Gasteiger partial charge is 0.287 e. The lowest BCUT2D eigenvalue weighted by Crippen LogP contribution is -2.44. The molecule has 0 amide bonds. The number of benzene rings is 1. The molecule has 1 aromatic carbocycles. The van der Waals surface area contributed by atoms with Crippen LogP contribution < -0.4 is 10.2 Å². The van der Waals surface area contributed by atoms with Gasteiger partial charge in [-0.3, -0.25) is 10.1 Å². The average molecular weight is 488 g/mol. The molecule has 172 valence electrons. The molecule has 3 heterocycles. The fraction of sp³-hybridized carbons (Fsp3) is 0.318. The van der Waals surface area contributed by atoms with Crippen LogP contribution in [0.5, 0.6) is 0 Å². The zero-order valence-corrected chi connectivity index (χ0v) is 19.6. The van der Waals surface area contributed by atoms with E-state index in [9.17, 15) is 10.1 Å². The number of nitrogens with zero attached hydrogens (tertiary/aromatic N) is 6. The van der Waals surface area contributed by atoms with E-state index in [1.165, 1.54) is 12.3 Å². The van der Waals surface area contributed by atoms with Crippen LogP contribution in [0.25, 0.3) is 11.3 Å². The van der Waals surface area contributed by atoms with Gasteiger partial charge in [0.25, 0.3) is 5.69 Å². The van der Waals surface area contributed by atoms with E-state index in [2.05, 4.69) is 32.1 Å². The second-order valence-electron chi connectivity index (χ2n) is 7.77. The van der Waals surface area contributed by atoms with Crippen LogP contribution in [0.3, 0.4) is 0 Å². The Kier molecular flexibility index (Phi) is 7.22. The molecule has 0 bridgehead atoms. The van der Waals surface area contributed by atoms with Crippen molar-refractivity contribution in [3.8, 4) is 11.3 Å². The van der Waals surface area contributed by atoms with Crippen LogP contribution in [0.1, 0.15) is 5.82 Å². The lowest BCUT2D eigenvalue weighted by molar-refractivity contribution is -0.385. The first-order valence-corrected chi connectivity index (χ1v) is 11.3. The molecular weight excluding hydrogens is 465 g/mol. The number of halogens is 2. The molecule has 0 radical (unpaired) electrons. The number of piperazine rings is 1. The molecule has 1 saturated heterocycles. The lowest BCUT2D eigenvalue weighted by Gasteiger charge is -2.34. The molecule has 33 heavy (non-hydrogen) atoms. The summed E-state index contributed by atoms with van der Waals surface area (Å²) in [6, 6.07) is 8.40. The molecule has 2 aromatic heterocycles. The Labute approximate surface area is 201 Å². The van der Waals surface area contributed by atoms with Crippen molar-refractivity contribution in [2.75, 3.05) is 50.0 Å². The van der Waals surface area contributed by atoms with Crippen LogP contribution in [0, 0.1) is 10.1 Å². The predicted octanol–water partition coefficient (Wildman–Crippen LogP) is 4.16. The Morgan fingerprint density at radius 1 is 1.09 bits per heavy atom. The molecule has 0 aliphatic carbocycles. The van der Waals surface area contributed by atoms with E-state index in [-0.39, 0.29) is 5.69 Å². The van der Waals surface area contributed by atoms with E-state index in [1.54, 1.807) is 18.2 Å². The number of hydrogen-bond acceptors (Lipinski definition) is 8. The zero-order valence-electron chi connectivity index (χ0n) is 18.0. The Balaban J connectivity index is 1.54. The van der Waals surface area contributed by atoms with Crippen molar-refractivity contribution >= 4 is 40.4 Å². The van der Waals surface area contributed by atoms with E-state index in [0.717, 1.165) is 43.1 Å². The van der Waals surface area contributed by atoms with Gasteiger partial charge >= 0.3 is 0 Å². The molecule has 0 spiro atoms. The minimum Gasteiger partial charge on any atom is -0.370 e. The maximum absolute atomic E-state index is 10.8. The molecule has 11 heteroatoms. The molecule has 1 N–H and O–H groups in total. The maximum Gasteiger partial charge on any atom is 0.287 e. The van der Waals surface area contributed by atoms with Gasteiger partial charge in [0.2, 0.25) is 0 Å². The Morgan fingerprint density at radius 2 is 1.88 bits per heavy atom. The average Bonchev–Trinajstić information content (AvgIpc) is 2.80. The third kappa shape index (κ3) is 5.68. The minimum atomic E-state index is -0.476. The van der Waals surface area contributed by atoms with Crippen molar-refractivity contribution < 1.29 is 4.92 Å². The van der Waals surface area contributed by atoms with E-state index >= 15 is 0 Å². The summed E-state index contributed by atoms with van der Waals surface area (Å²) in [6.45, 7) is 4.20. The van der Waals surface area contributed by atoms with Gasteiger partial charge in [-0.25, -0.2) is 15.0 Å². The molecule has 1 fully saturated rings. The summed E-state index contributed by atoms with van der Waals surface area (Å²) in [4.78, 5) is 28.4. The number of hydrogen-bond donors (Lipinski definition) is 1. The van der Waals surface area contributed by atoms with Gasteiger partial charge in [-0.05, 0) is 31.3 Å². The van der Waals surface area contributed by atoms with Crippen molar-refractivity contribution in [1.82, 2.24) is 19.9 Å². The van der Waals surface area contributed by atoms with Gasteiger partial charge < -0.3 is 15.1 Å². The number of aromatic nitrogens is 3. The Bertz CT molecular complexity index is 1140. The van der Waals surface area contributed by atoms with Crippen molar-refractivity contribution in [1.29, 1.82) is 0 Å². The highest BCUT2D eigenvalue weighted by molar-refractivity contribution is 6.36. The number of pyridine rings is 1. The highest BCUT2D eigenvalue weighted by atomic mass is 35.5. The summed E-state index contributed by atoms with van der Waals surface area (Å²) >= 11 is 12.6. The summed E-state index contributed by atoms with van der Waals surface area (Å²) in [5.41, 5.74) is 2.48. The van der Waals surface area contributed by atoms with Crippen LogP contribution in [-0.2, 0) is 6.42 Å². The highest BCUT2D eigenvalue weighted by Crippen LogP contribution is 2.35. The van der Waals surface area contributed by atoms with Crippen LogP contribution in [0.2, 0.25) is 10.0 Å². The van der Waals surface area contributed by atoms with E-state index < -0.39 is 4.92 Å². The van der Waals surface area contributed by atoms with Gasteiger partial charge in [-0.2, -0.15) is 0 Å². The number of rotatable bonds is 7. The third-order valence-corrected chi connectivity index (χ3v) is 6.01. The first-order chi connectivity index (χ1) is 15.9. The number of nitro groups is 1. The first-order valence-electron chi connectivity index (χ1n) is 10.5. The van der Waals surface area contributed by atoms with Crippen molar-refractivity contribution in [3.63, 3.8) is 0 Å². The molecule has 0 saturated carbocycles. The van der Waals surface area contributed by atoms with Gasteiger partial charge in [-0.1, -0.05) is 23.2 Å². The number of anilines is 2. The standard InChI is InChI=1S/C22H23Cl2N7O2/c1-29-8-10-30(11-9-29)19-14-27-21(28-22(19)17-4-2-15(23)12-18(17)24)6-7-25-20-5-3-16(13-26-20)31(32)33/h2-5,12-14H,6-11H2,1H3,(H,25,26). The molecule has 1 aliphatic heterocycles. The lowest BCUT2D eigenvalue weighted by atomic mass is 10.1. The summed E-state index contributed by atoms with van der Waals surface area (Å²) in [5, 5.41) is 15.0. The number of likely N-dealkylation sites (N-methyl/N-ethyl adjacent to an activating group) is 1. The molecule has 1 aliphatic rings. The molecule has 0 unspecified atom stereocenters. The predicted molar refractivity (Wildman–Crippen MR) is 130 cm³/mol. The monoisotopic (exact) mass is 487 g/mol. The topological polar surface area (TPSA) is 100 Å². The second kappa shape index (κ2) is 10.3. The Hall–Kier alpha value is -3.01. The third-order valence-electron chi connectivity index (χ3n) is 5.46. The highest BCUT2D eigenvalue weighted by Gasteiger charge is 2.21. The maximum atomic E-state index is 10.8. The van der Waals surface area contributed by atoms with E-state index in [4.69, 9.17) is 28.2 Å². The fourth-order valence-electron chi connectivity index (χ4n) is 3.59. The van der Waals surface area contributed by atoms with Crippen molar-refractivity contribution in [2.45, 2.75) is 6.42 Å². The van der Waals surface area contributed by atoms with E-state index in [1.807, 2.05) is 12.3 Å². The molecule has 4 rings (SSSR count). The van der Waals surface area contributed by atoms with Crippen LogP contribution >= 0.6 is 23.2 Å². The van der Waals surface area contributed by atoms with Crippen LogP contribution in [0.4, 0.5) is 17.2 Å². The summed E-state index contributed by atoms with van der Waals surface area (Å²) in [5.74, 6) is 1.21. The quantitative estimate of drug-likeness (QED) is 0.391. The van der Waals surface area contributed by atoms with Gasteiger partial charge in [0, 0.05) is 55.8 Å². The normalized spacial score (nSPS) is 14.3. The van der Waals surface area contributed by atoms with Gasteiger partial charge in [0.15, 0.2) is 0 Å². The van der Waals surface area contributed by atoms with Gasteiger partial charge in [0.1, 0.15) is 17.8 Å². The molecule has 9 nitrogen and oxygen atoms in total.